The van der Waals surface area contributed by atoms with E-state index in [0.717, 1.165) is 11.8 Å². The number of aliphatic hydroxyl groups is 1. The lowest BCUT2D eigenvalue weighted by atomic mass is 9.89. The number of aromatic amines is 1. The van der Waals surface area contributed by atoms with Crippen LogP contribution in [0.4, 0.5) is 18.9 Å². The second kappa shape index (κ2) is 9.19. The summed E-state index contributed by atoms with van der Waals surface area (Å²) in [5.74, 6) is 0.0727. The minimum Gasteiger partial charge on any atom is -0.481 e. The van der Waals surface area contributed by atoms with Crippen LogP contribution >= 0.6 is 11.8 Å². The summed E-state index contributed by atoms with van der Waals surface area (Å²) < 4.78 is 47.5. The molecule has 0 amide bonds. The van der Waals surface area contributed by atoms with Gasteiger partial charge in [0.2, 0.25) is 11.4 Å². The fourth-order valence-electron chi connectivity index (χ4n) is 3.22. The zero-order valence-corrected chi connectivity index (χ0v) is 17.7. The van der Waals surface area contributed by atoms with E-state index in [1.165, 1.54) is 37.6 Å². The largest absolute Gasteiger partial charge is 0.481 e. The summed E-state index contributed by atoms with van der Waals surface area (Å²) in [5.41, 5.74) is -2.49. The molecular formula is C21H22F3N3O3S. The van der Waals surface area contributed by atoms with Gasteiger partial charge in [-0.15, -0.1) is 0 Å². The van der Waals surface area contributed by atoms with Crippen LogP contribution in [-0.2, 0) is 0 Å². The molecule has 1 aromatic carbocycles. The number of hydrogen-bond donors (Lipinski definition) is 3. The Morgan fingerprint density at radius 1 is 1.23 bits per heavy atom. The highest BCUT2D eigenvalue weighted by atomic mass is 32.2. The molecule has 31 heavy (non-hydrogen) atoms. The fourth-order valence-corrected chi connectivity index (χ4v) is 4.06. The van der Waals surface area contributed by atoms with Gasteiger partial charge in [0, 0.05) is 35.2 Å². The van der Waals surface area contributed by atoms with Gasteiger partial charge in [0.05, 0.1) is 18.7 Å². The molecule has 2 atom stereocenters. The first kappa shape index (κ1) is 23.0. The van der Waals surface area contributed by atoms with Crippen LogP contribution in [-0.4, -0.2) is 45.5 Å². The van der Waals surface area contributed by atoms with Crippen molar-refractivity contribution in [3.63, 3.8) is 0 Å². The molecule has 0 aliphatic rings. The minimum atomic E-state index is -4.92. The topological polar surface area (TPSA) is 87.2 Å². The highest BCUT2D eigenvalue weighted by Crippen LogP contribution is 2.44. The number of anilines is 1. The van der Waals surface area contributed by atoms with E-state index >= 15 is 0 Å². The predicted molar refractivity (Wildman–Crippen MR) is 116 cm³/mol. The Morgan fingerprint density at radius 3 is 2.61 bits per heavy atom. The molecule has 0 spiro atoms. The predicted octanol–water partition coefficient (Wildman–Crippen LogP) is 4.13. The third-order valence-corrected chi connectivity index (χ3v) is 5.91. The van der Waals surface area contributed by atoms with Gasteiger partial charge in [-0.25, -0.2) is 4.98 Å². The van der Waals surface area contributed by atoms with Crippen LogP contribution in [0, 0.1) is 0 Å². The lowest BCUT2D eigenvalue weighted by Gasteiger charge is -2.38. The number of H-pyrrole nitrogens is 1. The van der Waals surface area contributed by atoms with Gasteiger partial charge < -0.3 is 20.1 Å². The number of pyridine rings is 2. The molecule has 0 aliphatic heterocycles. The Morgan fingerprint density at radius 2 is 2.00 bits per heavy atom. The smallest absolute Gasteiger partial charge is 0.420 e. The van der Waals surface area contributed by atoms with E-state index < -0.39 is 23.6 Å². The number of methoxy groups -OCH3 is 1. The molecule has 0 bridgehead atoms. The molecule has 0 saturated heterocycles. The summed E-state index contributed by atoms with van der Waals surface area (Å²) in [6, 6.07) is 8.97. The first-order valence-electron chi connectivity index (χ1n) is 9.45. The molecule has 2 heterocycles. The molecule has 166 valence electrons. The van der Waals surface area contributed by atoms with Crippen molar-refractivity contribution in [3.8, 4) is 5.88 Å². The maximum atomic E-state index is 14.2. The summed E-state index contributed by atoms with van der Waals surface area (Å²) >= 11 is 0.986. The monoisotopic (exact) mass is 453 g/mol. The maximum absolute atomic E-state index is 14.2. The molecule has 0 fully saturated rings. The normalized spacial score (nSPS) is 14.8. The molecule has 3 rings (SSSR count). The number of fused-ring (bicyclic) bond motifs is 1. The SMILES string of the molecule is CCSCC(O)(C(Nc1cccc2[nH]c(=O)ccc12)c1ccc(OC)nc1)C(F)(F)F. The number of benzene rings is 1. The van der Waals surface area contributed by atoms with Gasteiger partial charge in [-0.2, -0.15) is 24.9 Å². The number of nitrogens with one attached hydrogen (secondary N) is 2. The zero-order chi connectivity index (χ0) is 22.6. The van der Waals surface area contributed by atoms with Crippen LogP contribution in [0.3, 0.4) is 0 Å². The Bertz CT molecular complexity index is 1090. The van der Waals surface area contributed by atoms with Crippen molar-refractivity contribution < 1.29 is 23.0 Å². The Kier molecular flexibility index (Phi) is 6.80. The van der Waals surface area contributed by atoms with Gasteiger partial charge in [-0.3, -0.25) is 4.79 Å². The lowest BCUT2D eigenvalue weighted by molar-refractivity contribution is -0.256. The van der Waals surface area contributed by atoms with Gasteiger partial charge in [0.25, 0.3) is 0 Å². The van der Waals surface area contributed by atoms with Crippen molar-refractivity contribution in [1.29, 1.82) is 0 Å². The van der Waals surface area contributed by atoms with Crippen molar-refractivity contribution >= 4 is 28.4 Å². The molecular weight excluding hydrogens is 431 g/mol. The second-order valence-electron chi connectivity index (χ2n) is 6.86. The van der Waals surface area contributed by atoms with Crippen LogP contribution in [0.2, 0.25) is 0 Å². The lowest BCUT2D eigenvalue weighted by Crippen LogP contribution is -2.54. The van der Waals surface area contributed by atoms with Crippen LogP contribution in [0.5, 0.6) is 5.88 Å². The van der Waals surface area contributed by atoms with Crippen molar-refractivity contribution in [2.45, 2.75) is 24.7 Å². The number of nitrogens with zero attached hydrogens (tertiary/aromatic N) is 1. The molecule has 3 N–H and O–H groups in total. The van der Waals surface area contributed by atoms with Gasteiger partial charge in [-0.05, 0) is 35.6 Å². The zero-order valence-electron chi connectivity index (χ0n) is 16.9. The van der Waals surface area contributed by atoms with Gasteiger partial charge >= 0.3 is 6.18 Å². The molecule has 0 radical (unpaired) electrons. The highest BCUT2D eigenvalue weighted by Gasteiger charge is 2.59. The van der Waals surface area contributed by atoms with Crippen molar-refractivity contribution in [3.05, 3.63) is 64.6 Å². The number of rotatable bonds is 8. The second-order valence-corrected chi connectivity index (χ2v) is 8.13. The summed E-state index contributed by atoms with van der Waals surface area (Å²) in [7, 11) is 1.40. The van der Waals surface area contributed by atoms with E-state index in [-0.39, 0.29) is 17.0 Å². The fraction of sp³-hybridized carbons (Fsp3) is 0.333. The Hall–Kier alpha value is -2.72. The number of alkyl halides is 3. The van der Waals surface area contributed by atoms with Crippen LogP contribution in [0.25, 0.3) is 10.9 Å². The average Bonchev–Trinajstić information content (AvgIpc) is 2.75. The summed E-state index contributed by atoms with van der Waals surface area (Å²) in [6.07, 6.45) is -3.68. The Labute approximate surface area is 180 Å². The third-order valence-electron chi connectivity index (χ3n) is 4.86. The van der Waals surface area contributed by atoms with E-state index in [2.05, 4.69) is 15.3 Å². The van der Waals surface area contributed by atoms with Crippen molar-refractivity contribution in [2.24, 2.45) is 0 Å². The first-order valence-corrected chi connectivity index (χ1v) is 10.6. The number of ether oxygens (including phenoxy) is 1. The summed E-state index contributed by atoms with van der Waals surface area (Å²) in [4.78, 5) is 18.3. The molecule has 3 aromatic rings. The van der Waals surface area contributed by atoms with E-state index in [4.69, 9.17) is 4.74 Å². The summed E-state index contributed by atoms with van der Waals surface area (Å²) in [5, 5.41) is 14.4. The Balaban J connectivity index is 2.14. The molecule has 2 unspecified atom stereocenters. The van der Waals surface area contributed by atoms with E-state index in [0.29, 0.717) is 22.3 Å². The quantitative estimate of drug-likeness (QED) is 0.476. The van der Waals surface area contributed by atoms with Crippen molar-refractivity contribution in [1.82, 2.24) is 9.97 Å². The van der Waals surface area contributed by atoms with Crippen LogP contribution in [0.15, 0.2) is 53.5 Å². The van der Waals surface area contributed by atoms with E-state index in [1.54, 1.807) is 25.1 Å². The van der Waals surface area contributed by atoms with Crippen LogP contribution < -0.4 is 15.6 Å². The number of aromatic nitrogens is 2. The molecule has 10 heteroatoms. The molecule has 6 nitrogen and oxygen atoms in total. The minimum absolute atomic E-state index is 0.138. The molecule has 0 saturated carbocycles. The summed E-state index contributed by atoms with van der Waals surface area (Å²) in [6.45, 7) is 1.72. The molecule has 2 aromatic heterocycles. The molecule has 0 aliphatic carbocycles. The van der Waals surface area contributed by atoms with Gasteiger partial charge in [0.1, 0.15) is 0 Å². The van der Waals surface area contributed by atoms with Gasteiger partial charge in [0.15, 0.2) is 5.60 Å². The first-order chi connectivity index (χ1) is 14.7. The standard InChI is InChI=1S/C21H22F3N3O3S/c1-3-31-12-20(29,21(22,23)24)19(13-7-10-18(30-2)25-11-13)27-16-6-4-5-15-14(16)8-9-17(28)26-15/h4-11,19,27,29H,3,12H2,1-2H3,(H,26,28). The number of thioether (sulfide) groups is 1. The maximum Gasteiger partial charge on any atom is 0.420 e. The van der Waals surface area contributed by atoms with Crippen molar-refractivity contribution in [2.75, 3.05) is 23.9 Å². The number of halogens is 3. The third kappa shape index (κ3) is 4.80. The highest BCUT2D eigenvalue weighted by molar-refractivity contribution is 7.99. The van der Waals surface area contributed by atoms with Gasteiger partial charge in [-0.1, -0.05) is 13.0 Å². The van der Waals surface area contributed by atoms with E-state index in [1.807, 2.05) is 0 Å². The average molecular weight is 453 g/mol. The number of hydrogen-bond acceptors (Lipinski definition) is 6. The van der Waals surface area contributed by atoms with Crippen LogP contribution in [0.1, 0.15) is 18.5 Å². The van der Waals surface area contributed by atoms with E-state index in [9.17, 15) is 23.1 Å².